The Labute approximate surface area is 483 Å². The van der Waals surface area contributed by atoms with Crippen molar-refractivity contribution in [1.82, 2.24) is 0 Å². The predicted octanol–water partition coefficient (Wildman–Crippen LogP) is 22.0. The van der Waals surface area contributed by atoms with Gasteiger partial charge >= 0.3 is 0 Å². The van der Waals surface area contributed by atoms with Gasteiger partial charge in [0.15, 0.2) is 0 Å². The Morgan fingerprint density at radius 2 is 0.720 bits per heavy atom. The van der Waals surface area contributed by atoms with Crippen molar-refractivity contribution in [1.29, 1.82) is 0 Å². The number of rotatable bonds is 13. The van der Waals surface area contributed by atoms with Gasteiger partial charge in [0.25, 0.3) is 0 Å². The second-order valence-corrected chi connectivity index (χ2v) is 22.2. The largest absolute Gasteiger partial charge is 0.310 e. The summed E-state index contributed by atoms with van der Waals surface area (Å²) in [6.45, 7) is 2.26. The molecule has 12 aromatic carbocycles. The molecule has 2 aliphatic rings. The van der Waals surface area contributed by atoms with Crippen LogP contribution in [-0.4, -0.2) is 0 Å². The average Bonchev–Trinajstić information content (AvgIpc) is 3.69. The molecule has 0 atom stereocenters. The van der Waals surface area contributed by atoms with Crippen molar-refractivity contribution in [3.63, 3.8) is 0 Å². The van der Waals surface area contributed by atoms with E-state index in [1.54, 1.807) is 0 Å². The zero-order chi connectivity index (χ0) is 54.8. The van der Waals surface area contributed by atoms with Gasteiger partial charge in [-0.25, -0.2) is 0 Å². The van der Waals surface area contributed by atoms with Gasteiger partial charge in [-0.15, -0.1) is 0 Å². The van der Waals surface area contributed by atoms with Gasteiger partial charge in [-0.2, -0.15) is 0 Å². The first kappa shape index (κ1) is 50.5. The van der Waals surface area contributed by atoms with Crippen molar-refractivity contribution in [2.24, 2.45) is 0 Å². The van der Waals surface area contributed by atoms with E-state index in [-0.39, 0.29) is 0 Å². The van der Waals surface area contributed by atoms with Crippen LogP contribution in [0, 0.1) is 6.92 Å². The van der Waals surface area contributed by atoms with E-state index in [0.29, 0.717) is 5.92 Å². The van der Waals surface area contributed by atoms with Crippen LogP contribution >= 0.6 is 0 Å². The minimum Gasteiger partial charge on any atom is -0.310 e. The Kier molecular flexibility index (Phi) is 13.6. The van der Waals surface area contributed by atoms with Gasteiger partial charge in [-0.1, -0.05) is 244 Å². The summed E-state index contributed by atoms with van der Waals surface area (Å²) in [5, 5.41) is 0. The third kappa shape index (κ3) is 9.11. The molecule has 1 fully saturated rings. The number of hydrogen-bond donors (Lipinski definition) is 0. The summed E-state index contributed by atoms with van der Waals surface area (Å²) in [6, 6.07) is 112. The Morgan fingerprint density at radius 3 is 1.24 bits per heavy atom. The van der Waals surface area contributed by atoms with Crippen LogP contribution in [0.4, 0.5) is 34.1 Å². The zero-order valence-electron chi connectivity index (χ0n) is 46.4. The van der Waals surface area contributed by atoms with E-state index in [9.17, 15) is 0 Å². The molecule has 0 N–H and O–H groups in total. The fourth-order valence-corrected chi connectivity index (χ4v) is 13.7. The highest BCUT2D eigenvalue weighted by atomic mass is 15.1. The van der Waals surface area contributed by atoms with Gasteiger partial charge in [0.2, 0.25) is 0 Å². The van der Waals surface area contributed by atoms with Crippen LogP contribution in [0.5, 0.6) is 0 Å². The summed E-state index contributed by atoms with van der Waals surface area (Å²) in [5.74, 6) is 0.562. The van der Waals surface area contributed by atoms with E-state index < -0.39 is 5.41 Å². The molecule has 12 aromatic rings. The standard InChI is InChI=1S/C80H64N2/c1-57-26-25-42-76-79(57)71-53-52-69(54-77(71)80(76,63-33-15-5-16-34-63)64-35-17-6-18-36-64)81(65-37-19-7-20-38-65)67-48-44-61(45-49-67)74-55-73(60-31-13-4-14-32-60)75(56-72(74)59-29-11-3-12-30-59)62-46-50-68(51-47-62)82(66-39-21-8-22-40-66)78-43-24-23-41-70(78)58-27-9-2-10-28-58/h3-8,11-26,29-56,58H,2,9-10,27-28H2,1H3. The minimum absolute atomic E-state index is 0.525. The third-order valence-corrected chi connectivity index (χ3v) is 17.5. The lowest BCUT2D eigenvalue weighted by atomic mass is 9.67. The molecule has 0 saturated heterocycles. The van der Waals surface area contributed by atoms with E-state index in [2.05, 4.69) is 320 Å². The first-order chi connectivity index (χ1) is 40.6. The zero-order valence-corrected chi connectivity index (χ0v) is 46.4. The molecule has 2 heteroatoms. The lowest BCUT2D eigenvalue weighted by Gasteiger charge is -2.35. The molecule has 0 bridgehead atoms. The van der Waals surface area contributed by atoms with E-state index in [4.69, 9.17) is 0 Å². The van der Waals surface area contributed by atoms with Crippen LogP contribution in [0.2, 0.25) is 0 Å². The summed E-state index contributed by atoms with van der Waals surface area (Å²) < 4.78 is 0. The maximum atomic E-state index is 2.47. The van der Waals surface area contributed by atoms with Crippen LogP contribution in [-0.2, 0) is 5.41 Å². The summed E-state index contributed by atoms with van der Waals surface area (Å²) in [5.41, 5.74) is 26.2. The lowest BCUT2D eigenvalue weighted by Crippen LogP contribution is -2.28. The topological polar surface area (TPSA) is 6.48 Å². The number of anilines is 6. The van der Waals surface area contributed by atoms with Gasteiger partial charge in [0, 0.05) is 34.1 Å². The number of para-hydroxylation sites is 3. The van der Waals surface area contributed by atoms with Crippen LogP contribution in [0.15, 0.2) is 303 Å². The molecule has 0 aromatic heterocycles. The molecule has 82 heavy (non-hydrogen) atoms. The molecule has 0 aliphatic heterocycles. The summed E-state index contributed by atoms with van der Waals surface area (Å²) in [4.78, 5) is 4.90. The quantitative estimate of drug-likeness (QED) is 0.114. The van der Waals surface area contributed by atoms with Gasteiger partial charge in [-0.05, 0) is 194 Å². The molecule has 394 valence electrons. The first-order valence-electron chi connectivity index (χ1n) is 29.3. The molecule has 0 unspecified atom stereocenters. The fraction of sp³-hybridized carbons (Fsp3) is 0.100. The molecule has 2 nitrogen and oxygen atoms in total. The summed E-state index contributed by atoms with van der Waals surface area (Å²) in [6.07, 6.45) is 6.41. The normalized spacial score (nSPS) is 13.5. The highest BCUT2D eigenvalue weighted by Crippen LogP contribution is 2.58. The Bertz CT molecular complexity index is 4110. The number of nitrogens with zero attached hydrogens (tertiary/aromatic N) is 2. The van der Waals surface area contributed by atoms with Crippen LogP contribution < -0.4 is 9.80 Å². The molecule has 1 saturated carbocycles. The molecule has 0 radical (unpaired) electrons. The van der Waals surface area contributed by atoms with E-state index in [1.807, 2.05) is 0 Å². The van der Waals surface area contributed by atoms with E-state index in [0.717, 1.165) is 28.3 Å². The average molecular weight is 1050 g/mol. The van der Waals surface area contributed by atoms with Crippen LogP contribution in [0.25, 0.3) is 55.6 Å². The predicted molar refractivity (Wildman–Crippen MR) is 345 cm³/mol. The van der Waals surface area contributed by atoms with Gasteiger partial charge in [0.1, 0.15) is 0 Å². The molecule has 0 amide bonds. The smallest absolute Gasteiger partial charge is 0.0714 e. The highest BCUT2D eigenvalue weighted by molar-refractivity contribution is 5.97. The van der Waals surface area contributed by atoms with Crippen molar-refractivity contribution in [3.05, 3.63) is 337 Å². The van der Waals surface area contributed by atoms with Crippen molar-refractivity contribution in [2.45, 2.75) is 50.4 Å². The van der Waals surface area contributed by atoms with Gasteiger partial charge < -0.3 is 9.80 Å². The summed E-state index contributed by atoms with van der Waals surface area (Å²) >= 11 is 0. The fourth-order valence-electron chi connectivity index (χ4n) is 13.7. The van der Waals surface area contributed by atoms with Crippen molar-refractivity contribution >= 4 is 34.1 Å². The molecule has 0 heterocycles. The molecule has 14 rings (SSSR count). The lowest BCUT2D eigenvalue weighted by molar-refractivity contribution is 0.444. The maximum Gasteiger partial charge on any atom is 0.0714 e. The minimum atomic E-state index is -0.525. The van der Waals surface area contributed by atoms with Gasteiger partial charge in [-0.3, -0.25) is 0 Å². The van der Waals surface area contributed by atoms with Crippen molar-refractivity contribution < 1.29 is 0 Å². The number of benzene rings is 12. The number of aryl methyl sites for hydroxylation is 1. The summed E-state index contributed by atoms with van der Waals surface area (Å²) in [7, 11) is 0. The van der Waals surface area contributed by atoms with Crippen molar-refractivity contribution in [2.75, 3.05) is 9.80 Å². The third-order valence-electron chi connectivity index (χ3n) is 17.5. The molecule has 0 spiro atoms. The first-order valence-corrected chi connectivity index (χ1v) is 29.3. The molecular formula is C80H64N2. The second-order valence-electron chi connectivity index (χ2n) is 22.2. The Hall–Kier alpha value is -9.76. The van der Waals surface area contributed by atoms with Crippen LogP contribution in [0.3, 0.4) is 0 Å². The molecular weight excluding hydrogens is 989 g/mol. The monoisotopic (exact) mass is 1050 g/mol. The van der Waals surface area contributed by atoms with E-state index in [1.165, 1.54) is 127 Å². The highest BCUT2D eigenvalue weighted by Gasteiger charge is 2.47. The van der Waals surface area contributed by atoms with Crippen LogP contribution in [0.1, 0.15) is 71.4 Å². The second kappa shape index (κ2) is 22.1. The number of hydrogen-bond acceptors (Lipinski definition) is 2. The Morgan fingerprint density at radius 1 is 0.305 bits per heavy atom. The maximum absolute atomic E-state index is 2.47. The van der Waals surface area contributed by atoms with Crippen molar-refractivity contribution in [3.8, 4) is 55.6 Å². The SMILES string of the molecule is Cc1cccc2c1-c1ccc(N(c3ccccc3)c3ccc(-c4cc(-c5ccccc5)c(-c5ccc(N(c6ccccc6)c6ccccc6C6CCCCC6)cc5)cc4-c4ccccc4)cc3)cc1C2(c1ccccc1)c1ccccc1. The Balaban J connectivity index is 0.894. The van der Waals surface area contributed by atoms with E-state index >= 15 is 0 Å². The number of fused-ring (bicyclic) bond motifs is 3. The molecule has 2 aliphatic carbocycles. The van der Waals surface area contributed by atoms with Gasteiger partial charge in [0.05, 0.1) is 5.41 Å².